The molecule has 3 heterocycles. The molecule has 28 heavy (non-hydrogen) atoms. The van der Waals surface area contributed by atoms with Gasteiger partial charge in [-0.1, -0.05) is 53.2 Å². The van der Waals surface area contributed by atoms with Crippen molar-refractivity contribution in [3.63, 3.8) is 0 Å². The zero-order chi connectivity index (χ0) is 19.1. The van der Waals surface area contributed by atoms with Crippen molar-refractivity contribution in [2.24, 2.45) is 5.10 Å². The number of hydrogen-bond acceptors (Lipinski definition) is 4. The summed E-state index contributed by atoms with van der Waals surface area (Å²) >= 11 is 3.54. The fourth-order valence-electron chi connectivity index (χ4n) is 4.82. The van der Waals surface area contributed by atoms with E-state index in [1.165, 1.54) is 24.1 Å². The number of hydrogen-bond donors (Lipinski definition) is 0. The standard InChI is InChI=1S/C23H26BrN3O/c1-2-13-26-14-11-23(12-15-26)27-21(19-5-3-4-6-22(19)28-23)16-20(25-27)17-7-9-18(24)10-8-17/h3-10,21H,2,11-16H2,1H3/t21-/m0/s1. The van der Waals surface area contributed by atoms with Gasteiger partial charge in [0.1, 0.15) is 5.75 Å². The van der Waals surface area contributed by atoms with E-state index in [-0.39, 0.29) is 11.8 Å². The predicted molar refractivity (Wildman–Crippen MR) is 116 cm³/mol. The second kappa shape index (κ2) is 7.20. The summed E-state index contributed by atoms with van der Waals surface area (Å²) in [4.78, 5) is 2.56. The molecule has 5 heteroatoms. The SMILES string of the molecule is CCCN1CCC2(CC1)Oc1ccccc1[C@@H]1CC(c3ccc(Br)cc3)=NN12. The molecule has 0 bridgehead atoms. The molecule has 2 aromatic rings. The van der Waals surface area contributed by atoms with Gasteiger partial charge in [-0.2, -0.15) is 5.10 Å². The smallest absolute Gasteiger partial charge is 0.200 e. The van der Waals surface area contributed by atoms with E-state index in [0.29, 0.717) is 0 Å². The van der Waals surface area contributed by atoms with E-state index in [0.717, 1.165) is 48.3 Å². The first kappa shape index (κ1) is 18.2. The van der Waals surface area contributed by atoms with Crippen molar-refractivity contribution in [1.29, 1.82) is 0 Å². The van der Waals surface area contributed by atoms with Gasteiger partial charge in [-0.3, -0.25) is 0 Å². The van der Waals surface area contributed by atoms with Crippen LogP contribution in [-0.2, 0) is 0 Å². The molecule has 0 aliphatic carbocycles. The summed E-state index contributed by atoms with van der Waals surface area (Å²) in [5.41, 5.74) is 3.31. The molecule has 1 spiro atoms. The zero-order valence-corrected chi connectivity index (χ0v) is 17.9. The monoisotopic (exact) mass is 439 g/mol. The molecule has 5 rings (SSSR count). The number of para-hydroxylation sites is 1. The number of likely N-dealkylation sites (tertiary alicyclic amines) is 1. The summed E-state index contributed by atoms with van der Waals surface area (Å²) in [5.74, 6) is 1.04. The molecular weight excluding hydrogens is 414 g/mol. The van der Waals surface area contributed by atoms with Crippen LogP contribution >= 0.6 is 15.9 Å². The van der Waals surface area contributed by atoms with Gasteiger partial charge in [-0.25, -0.2) is 5.01 Å². The Kier molecular flexibility index (Phi) is 4.68. The van der Waals surface area contributed by atoms with Crippen LogP contribution in [0.3, 0.4) is 0 Å². The molecule has 0 aromatic heterocycles. The van der Waals surface area contributed by atoms with Crippen LogP contribution in [0.15, 0.2) is 58.1 Å². The second-order valence-corrected chi connectivity index (χ2v) is 8.96. The van der Waals surface area contributed by atoms with E-state index in [2.05, 4.69) is 81.3 Å². The van der Waals surface area contributed by atoms with Gasteiger partial charge in [-0.15, -0.1) is 0 Å². The Labute approximate surface area is 175 Å². The molecule has 3 aliphatic heterocycles. The number of nitrogens with zero attached hydrogens (tertiary/aromatic N) is 3. The van der Waals surface area contributed by atoms with Crippen molar-refractivity contribution in [3.05, 3.63) is 64.1 Å². The molecule has 1 atom stereocenters. The molecule has 0 radical (unpaired) electrons. The summed E-state index contributed by atoms with van der Waals surface area (Å²) in [6.45, 7) is 5.57. The third kappa shape index (κ3) is 3.05. The number of benzene rings is 2. The predicted octanol–water partition coefficient (Wildman–Crippen LogP) is 5.19. The van der Waals surface area contributed by atoms with Gasteiger partial charge in [0.2, 0.25) is 5.72 Å². The largest absolute Gasteiger partial charge is 0.466 e. The summed E-state index contributed by atoms with van der Waals surface area (Å²) < 4.78 is 7.79. The Morgan fingerprint density at radius 2 is 1.86 bits per heavy atom. The number of rotatable bonds is 3. The highest BCUT2D eigenvalue weighted by Gasteiger charge is 2.51. The minimum atomic E-state index is -0.319. The Bertz CT molecular complexity index is 887. The summed E-state index contributed by atoms with van der Waals surface area (Å²) in [6, 6.07) is 17.3. The van der Waals surface area contributed by atoms with Crippen molar-refractivity contribution in [2.45, 2.75) is 44.4 Å². The van der Waals surface area contributed by atoms with Gasteiger partial charge in [0.05, 0.1) is 11.8 Å². The first-order chi connectivity index (χ1) is 13.7. The van der Waals surface area contributed by atoms with Crippen molar-refractivity contribution < 1.29 is 4.74 Å². The molecule has 3 aliphatic rings. The lowest BCUT2D eigenvalue weighted by Crippen LogP contribution is -2.59. The normalized spacial score (nSPS) is 23.1. The highest BCUT2D eigenvalue weighted by atomic mass is 79.9. The third-order valence-corrected chi connectivity index (χ3v) is 6.79. The molecule has 146 valence electrons. The highest BCUT2D eigenvalue weighted by Crippen LogP contribution is 2.49. The molecule has 1 saturated heterocycles. The summed E-state index contributed by atoms with van der Waals surface area (Å²) in [7, 11) is 0. The van der Waals surface area contributed by atoms with Crippen LogP contribution in [0.4, 0.5) is 0 Å². The van der Waals surface area contributed by atoms with Gasteiger partial charge in [0.15, 0.2) is 0 Å². The molecule has 0 saturated carbocycles. The van der Waals surface area contributed by atoms with Crippen molar-refractivity contribution in [3.8, 4) is 5.75 Å². The molecule has 0 N–H and O–H groups in total. The maximum atomic E-state index is 6.69. The fraction of sp³-hybridized carbons (Fsp3) is 0.435. The van der Waals surface area contributed by atoms with E-state index >= 15 is 0 Å². The third-order valence-electron chi connectivity index (χ3n) is 6.26. The molecule has 0 amide bonds. The van der Waals surface area contributed by atoms with Crippen molar-refractivity contribution in [2.75, 3.05) is 19.6 Å². The molecule has 2 aromatic carbocycles. The van der Waals surface area contributed by atoms with E-state index in [4.69, 9.17) is 9.84 Å². The minimum Gasteiger partial charge on any atom is -0.466 e. The maximum absolute atomic E-state index is 6.69. The molecule has 1 fully saturated rings. The molecule has 0 unspecified atom stereocenters. The van der Waals surface area contributed by atoms with Crippen molar-refractivity contribution >= 4 is 21.6 Å². The van der Waals surface area contributed by atoms with Crippen LogP contribution in [-0.4, -0.2) is 41.0 Å². The zero-order valence-electron chi connectivity index (χ0n) is 16.3. The Morgan fingerprint density at radius 1 is 1.11 bits per heavy atom. The van der Waals surface area contributed by atoms with Crippen LogP contribution in [0.25, 0.3) is 0 Å². The second-order valence-electron chi connectivity index (χ2n) is 8.05. The molecular formula is C23H26BrN3O. The quantitative estimate of drug-likeness (QED) is 0.657. The van der Waals surface area contributed by atoms with Gasteiger partial charge >= 0.3 is 0 Å². The lowest BCUT2D eigenvalue weighted by molar-refractivity contribution is -0.149. The Morgan fingerprint density at radius 3 is 2.61 bits per heavy atom. The average molecular weight is 440 g/mol. The van der Waals surface area contributed by atoms with Crippen LogP contribution in [0.5, 0.6) is 5.75 Å². The lowest BCUT2D eigenvalue weighted by Gasteiger charge is -2.51. The van der Waals surface area contributed by atoms with Crippen LogP contribution in [0, 0.1) is 0 Å². The van der Waals surface area contributed by atoms with Crippen molar-refractivity contribution in [1.82, 2.24) is 9.91 Å². The van der Waals surface area contributed by atoms with Crippen LogP contribution in [0.1, 0.15) is 49.8 Å². The van der Waals surface area contributed by atoms with Gasteiger partial charge in [0.25, 0.3) is 0 Å². The van der Waals surface area contributed by atoms with Crippen LogP contribution in [0.2, 0.25) is 0 Å². The van der Waals surface area contributed by atoms with E-state index in [1.807, 2.05) is 0 Å². The number of piperidine rings is 1. The van der Waals surface area contributed by atoms with E-state index in [9.17, 15) is 0 Å². The maximum Gasteiger partial charge on any atom is 0.200 e. The van der Waals surface area contributed by atoms with E-state index < -0.39 is 0 Å². The number of fused-ring (bicyclic) bond motifs is 4. The van der Waals surface area contributed by atoms with Crippen LogP contribution < -0.4 is 4.74 Å². The van der Waals surface area contributed by atoms with E-state index in [1.54, 1.807) is 0 Å². The average Bonchev–Trinajstić information content (AvgIpc) is 3.17. The van der Waals surface area contributed by atoms with Gasteiger partial charge < -0.3 is 9.64 Å². The first-order valence-corrected chi connectivity index (χ1v) is 11.1. The Balaban J connectivity index is 1.51. The number of ether oxygens (including phenoxy) is 1. The fourth-order valence-corrected chi connectivity index (χ4v) is 5.08. The van der Waals surface area contributed by atoms with Gasteiger partial charge in [0, 0.05) is 42.4 Å². The Hall–Kier alpha value is -1.85. The topological polar surface area (TPSA) is 28.1 Å². The summed E-state index contributed by atoms with van der Waals surface area (Å²) in [5, 5.41) is 7.45. The highest BCUT2D eigenvalue weighted by molar-refractivity contribution is 9.10. The molecule has 4 nitrogen and oxygen atoms in total. The summed E-state index contributed by atoms with van der Waals surface area (Å²) in [6.07, 6.45) is 4.13. The lowest BCUT2D eigenvalue weighted by atomic mass is 9.90. The van der Waals surface area contributed by atoms with Gasteiger partial charge in [-0.05, 0) is 36.7 Å². The first-order valence-electron chi connectivity index (χ1n) is 10.3. The number of halogens is 1. The minimum absolute atomic E-state index is 0.265. The number of hydrazone groups is 1.